The smallest absolute Gasteiger partial charge is 0.259 e. The Kier molecular flexibility index (Phi) is 9.01. The number of benzene rings is 2. The van der Waals surface area contributed by atoms with Crippen LogP contribution in [0.2, 0.25) is 0 Å². The number of aryl methyl sites for hydroxylation is 3. The summed E-state index contributed by atoms with van der Waals surface area (Å²) in [7, 11) is 0. The van der Waals surface area contributed by atoms with Crippen LogP contribution in [-0.4, -0.2) is 37.3 Å². The number of amides is 2. The average molecular weight is 517 g/mol. The van der Waals surface area contributed by atoms with Gasteiger partial charge in [-0.1, -0.05) is 71.5 Å². The minimum absolute atomic E-state index is 0.130. The molecule has 2 amide bonds. The Labute approximate surface area is 219 Å². The summed E-state index contributed by atoms with van der Waals surface area (Å²) in [6.45, 7) is 2.00. The molecule has 4 aromatic rings. The molecule has 190 valence electrons. The minimum Gasteiger partial charge on any atom is -0.378 e. The van der Waals surface area contributed by atoms with Crippen LogP contribution in [0, 0.1) is 6.92 Å². The highest BCUT2D eigenvalue weighted by Crippen LogP contribution is 2.20. The Hall–Kier alpha value is -4.02. The molecule has 0 aliphatic carbocycles. The maximum Gasteiger partial charge on any atom is 0.259 e. The summed E-state index contributed by atoms with van der Waals surface area (Å²) in [6.07, 6.45) is 2.23. The number of hydrogen-bond acceptors (Lipinski definition) is 8. The molecule has 2 aromatic carbocycles. The van der Waals surface area contributed by atoms with Crippen molar-refractivity contribution < 1.29 is 14.7 Å². The highest BCUT2D eigenvalue weighted by Gasteiger charge is 2.18. The molecule has 1 atom stereocenters. The van der Waals surface area contributed by atoms with Gasteiger partial charge in [-0.15, -0.1) is 15.3 Å². The summed E-state index contributed by atoms with van der Waals surface area (Å²) in [6, 6.07) is 20.2. The molecule has 2 aromatic heterocycles. The van der Waals surface area contributed by atoms with Gasteiger partial charge in [0, 0.05) is 6.42 Å². The molecular formula is C27H28N6O3S. The summed E-state index contributed by atoms with van der Waals surface area (Å²) >= 11 is 1.30. The van der Waals surface area contributed by atoms with Crippen molar-refractivity contribution in [1.29, 1.82) is 0 Å². The van der Waals surface area contributed by atoms with E-state index in [4.69, 9.17) is 0 Å². The van der Waals surface area contributed by atoms with E-state index in [0.29, 0.717) is 16.5 Å². The fourth-order valence-corrected chi connectivity index (χ4v) is 4.49. The Morgan fingerprint density at radius 3 is 2.46 bits per heavy atom. The van der Waals surface area contributed by atoms with Crippen molar-refractivity contribution in [3.05, 3.63) is 94.1 Å². The lowest BCUT2D eigenvalue weighted by Gasteiger charge is -2.09. The molecule has 0 saturated carbocycles. The molecule has 0 aliphatic heterocycles. The molecule has 3 N–H and O–H groups in total. The van der Waals surface area contributed by atoms with Crippen molar-refractivity contribution in [3.63, 3.8) is 0 Å². The van der Waals surface area contributed by atoms with Crippen molar-refractivity contribution in [3.8, 4) is 0 Å². The lowest BCUT2D eigenvalue weighted by Crippen LogP contribution is -2.20. The molecule has 0 fully saturated rings. The van der Waals surface area contributed by atoms with Crippen LogP contribution in [0.1, 0.15) is 46.3 Å². The van der Waals surface area contributed by atoms with E-state index in [9.17, 15) is 14.7 Å². The van der Waals surface area contributed by atoms with Crippen LogP contribution in [-0.2, 0) is 28.9 Å². The van der Waals surface area contributed by atoms with Crippen molar-refractivity contribution >= 4 is 34.1 Å². The standard InChI is InChI=1S/C27H28N6O3S/c1-18-8-7-9-19(16-18)17-23(34)28-22-15-14-21(30-31-22)12-5-6-13-24-32-33-27(37-24)29-26(36)25(35)20-10-3-2-4-11-20/h2-4,7-11,14-16,25,35H,5-6,12-13,17H2,1H3,(H,28,31,34)(H,29,33,36)/t25-/m0/s1. The van der Waals surface area contributed by atoms with Crippen LogP contribution >= 0.6 is 11.3 Å². The van der Waals surface area contributed by atoms with Crippen LogP contribution < -0.4 is 10.6 Å². The second-order valence-electron chi connectivity index (χ2n) is 8.63. The van der Waals surface area contributed by atoms with Gasteiger partial charge in [-0.25, -0.2) is 0 Å². The van der Waals surface area contributed by atoms with E-state index in [1.807, 2.05) is 43.3 Å². The first-order chi connectivity index (χ1) is 18.0. The predicted octanol–water partition coefficient (Wildman–Crippen LogP) is 4.06. The van der Waals surface area contributed by atoms with Gasteiger partial charge in [-0.05, 0) is 49.4 Å². The van der Waals surface area contributed by atoms with E-state index in [-0.39, 0.29) is 12.3 Å². The van der Waals surface area contributed by atoms with Gasteiger partial charge in [0.15, 0.2) is 11.9 Å². The maximum absolute atomic E-state index is 12.3. The van der Waals surface area contributed by atoms with E-state index in [1.165, 1.54) is 11.3 Å². The molecule has 0 bridgehead atoms. The zero-order valence-electron chi connectivity index (χ0n) is 20.4. The van der Waals surface area contributed by atoms with E-state index in [1.54, 1.807) is 30.3 Å². The van der Waals surface area contributed by atoms with Gasteiger partial charge in [-0.3, -0.25) is 14.9 Å². The van der Waals surface area contributed by atoms with E-state index in [0.717, 1.165) is 47.5 Å². The summed E-state index contributed by atoms with van der Waals surface area (Å²) in [5, 5.41) is 33.2. The molecule has 0 aliphatic rings. The van der Waals surface area contributed by atoms with Gasteiger partial charge in [0.25, 0.3) is 5.91 Å². The van der Waals surface area contributed by atoms with Gasteiger partial charge in [-0.2, -0.15) is 5.10 Å². The van der Waals surface area contributed by atoms with Crippen LogP contribution in [0.3, 0.4) is 0 Å². The second kappa shape index (κ2) is 12.8. The number of unbranched alkanes of at least 4 members (excludes halogenated alkanes) is 1. The lowest BCUT2D eigenvalue weighted by atomic mass is 10.1. The van der Waals surface area contributed by atoms with Crippen molar-refractivity contribution in [2.75, 3.05) is 10.6 Å². The predicted molar refractivity (Wildman–Crippen MR) is 142 cm³/mol. The quantitative estimate of drug-likeness (QED) is 0.256. The number of hydrogen-bond donors (Lipinski definition) is 3. The first-order valence-electron chi connectivity index (χ1n) is 12.0. The van der Waals surface area contributed by atoms with Crippen LogP contribution in [0.25, 0.3) is 0 Å². The Morgan fingerprint density at radius 1 is 0.892 bits per heavy atom. The number of carbonyl (C=O) groups is 2. The van der Waals surface area contributed by atoms with Gasteiger partial charge < -0.3 is 10.4 Å². The van der Waals surface area contributed by atoms with Crippen molar-refractivity contribution in [1.82, 2.24) is 20.4 Å². The van der Waals surface area contributed by atoms with Crippen LogP contribution in [0.5, 0.6) is 0 Å². The first kappa shape index (κ1) is 26.1. The van der Waals surface area contributed by atoms with Crippen molar-refractivity contribution in [2.45, 2.75) is 45.1 Å². The third-order valence-corrected chi connectivity index (χ3v) is 6.47. The van der Waals surface area contributed by atoms with E-state index >= 15 is 0 Å². The highest BCUT2D eigenvalue weighted by atomic mass is 32.1. The van der Waals surface area contributed by atoms with Crippen LogP contribution in [0.4, 0.5) is 10.9 Å². The van der Waals surface area contributed by atoms with Gasteiger partial charge in [0.05, 0.1) is 12.1 Å². The van der Waals surface area contributed by atoms with Crippen LogP contribution in [0.15, 0.2) is 66.7 Å². The van der Waals surface area contributed by atoms with Crippen molar-refractivity contribution in [2.24, 2.45) is 0 Å². The lowest BCUT2D eigenvalue weighted by molar-refractivity contribution is -0.124. The number of aromatic nitrogens is 4. The molecule has 0 radical (unpaired) electrons. The summed E-state index contributed by atoms with van der Waals surface area (Å²) < 4.78 is 0. The van der Waals surface area contributed by atoms with E-state index in [2.05, 4.69) is 31.0 Å². The minimum atomic E-state index is -1.26. The molecule has 9 nitrogen and oxygen atoms in total. The maximum atomic E-state index is 12.3. The molecule has 0 saturated heterocycles. The normalized spacial score (nSPS) is 11.6. The molecule has 0 spiro atoms. The fourth-order valence-electron chi connectivity index (χ4n) is 3.70. The third kappa shape index (κ3) is 7.99. The zero-order chi connectivity index (χ0) is 26.0. The molecule has 37 heavy (non-hydrogen) atoms. The molecule has 2 heterocycles. The Balaban J connectivity index is 1.16. The average Bonchev–Trinajstić information content (AvgIpc) is 3.34. The second-order valence-corrected chi connectivity index (χ2v) is 9.70. The number of anilines is 2. The zero-order valence-corrected chi connectivity index (χ0v) is 21.2. The number of nitrogens with one attached hydrogen (secondary N) is 2. The number of nitrogens with zero attached hydrogens (tertiary/aromatic N) is 4. The highest BCUT2D eigenvalue weighted by molar-refractivity contribution is 7.15. The Bertz CT molecular complexity index is 1330. The molecule has 4 rings (SSSR count). The number of rotatable bonds is 11. The monoisotopic (exact) mass is 516 g/mol. The first-order valence-corrected chi connectivity index (χ1v) is 12.8. The van der Waals surface area contributed by atoms with Gasteiger partial charge >= 0.3 is 0 Å². The molecule has 0 unspecified atom stereocenters. The topological polar surface area (TPSA) is 130 Å². The SMILES string of the molecule is Cc1cccc(CC(=O)Nc2ccc(CCCCc3nnc(NC(=O)[C@@H](O)c4ccccc4)s3)nn2)c1. The molecular weight excluding hydrogens is 488 g/mol. The number of carbonyl (C=O) groups excluding carboxylic acids is 2. The number of aliphatic hydroxyl groups is 1. The van der Waals surface area contributed by atoms with E-state index < -0.39 is 12.0 Å². The summed E-state index contributed by atoms with van der Waals surface area (Å²) in [5.74, 6) is -0.237. The fraction of sp³-hybridized carbons (Fsp3) is 0.259. The summed E-state index contributed by atoms with van der Waals surface area (Å²) in [4.78, 5) is 24.5. The number of aliphatic hydroxyl groups excluding tert-OH is 1. The molecule has 10 heteroatoms. The third-order valence-electron chi connectivity index (χ3n) is 5.57. The summed E-state index contributed by atoms with van der Waals surface area (Å²) in [5.41, 5.74) is 3.44. The van der Waals surface area contributed by atoms with Gasteiger partial charge in [0.2, 0.25) is 11.0 Å². The Morgan fingerprint density at radius 2 is 1.70 bits per heavy atom. The van der Waals surface area contributed by atoms with Gasteiger partial charge in [0.1, 0.15) is 5.01 Å². The largest absolute Gasteiger partial charge is 0.378 e.